The summed E-state index contributed by atoms with van der Waals surface area (Å²) in [6.07, 6.45) is 3.07. The number of carbonyl (C=O) groups is 2. The Labute approximate surface area is 122 Å². The van der Waals surface area contributed by atoms with E-state index in [0.29, 0.717) is 5.25 Å². The smallest absolute Gasteiger partial charge is 0.354 e. The van der Waals surface area contributed by atoms with Gasteiger partial charge >= 0.3 is 5.97 Å². The van der Waals surface area contributed by atoms with Crippen molar-refractivity contribution in [2.24, 2.45) is 0 Å². The molecule has 1 amide bonds. The van der Waals surface area contributed by atoms with Crippen molar-refractivity contribution < 1.29 is 14.7 Å². The third-order valence-electron chi connectivity index (χ3n) is 3.32. The number of hydrogen-bond acceptors (Lipinski definition) is 4. The highest BCUT2D eigenvalue weighted by Crippen LogP contribution is 2.29. The summed E-state index contributed by atoms with van der Waals surface area (Å²) in [5.41, 5.74) is 0.0555. The fourth-order valence-corrected chi connectivity index (χ4v) is 3.54. The van der Waals surface area contributed by atoms with Gasteiger partial charge in [-0.25, -0.2) is 9.78 Å². The second kappa shape index (κ2) is 6.74. The topological polar surface area (TPSA) is 79.3 Å². The zero-order chi connectivity index (χ0) is 14.5. The maximum Gasteiger partial charge on any atom is 0.354 e. The van der Waals surface area contributed by atoms with Crippen LogP contribution in [0.5, 0.6) is 0 Å². The first kappa shape index (κ1) is 14.8. The molecule has 2 unspecified atom stereocenters. The molecule has 0 aromatic carbocycles. The molecule has 1 fully saturated rings. The molecule has 6 heteroatoms. The summed E-state index contributed by atoms with van der Waals surface area (Å²) in [6, 6.07) is 4.62. The van der Waals surface area contributed by atoms with Gasteiger partial charge in [0.2, 0.25) is 0 Å². The molecule has 0 spiro atoms. The fraction of sp³-hybridized carbons (Fsp3) is 0.500. The first-order valence-corrected chi connectivity index (χ1v) is 7.77. The Morgan fingerprint density at radius 3 is 2.85 bits per heavy atom. The summed E-state index contributed by atoms with van der Waals surface area (Å²) >= 11 is 1.93. The van der Waals surface area contributed by atoms with Crippen molar-refractivity contribution in [1.82, 2.24) is 10.3 Å². The van der Waals surface area contributed by atoms with Crippen molar-refractivity contribution >= 4 is 23.6 Å². The molecule has 1 aromatic heterocycles. The Hall–Kier alpha value is -1.56. The molecule has 2 N–H and O–H groups in total. The van der Waals surface area contributed by atoms with Crippen LogP contribution in [0.1, 0.15) is 47.2 Å². The average Bonchev–Trinajstić information content (AvgIpc) is 2.86. The van der Waals surface area contributed by atoms with E-state index in [1.165, 1.54) is 18.2 Å². The van der Waals surface area contributed by atoms with Gasteiger partial charge in [-0.15, -0.1) is 0 Å². The number of pyridine rings is 1. The van der Waals surface area contributed by atoms with Crippen molar-refractivity contribution in [3.05, 3.63) is 29.6 Å². The molecule has 1 saturated carbocycles. The van der Waals surface area contributed by atoms with Crippen LogP contribution in [0.2, 0.25) is 0 Å². The number of rotatable bonds is 5. The molecular formula is C14H18N2O3S. The van der Waals surface area contributed by atoms with E-state index in [-0.39, 0.29) is 23.3 Å². The van der Waals surface area contributed by atoms with Crippen LogP contribution >= 0.6 is 11.8 Å². The Kier molecular flexibility index (Phi) is 5.00. The Bertz CT molecular complexity index is 507. The summed E-state index contributed by atoms with van der Waals surface area (Å²) in [7, 11) is 0. The average molecular weight is 294 g/mol. The second-order valence-electron chi connectivity index (χ2n) is 4.77. The zero-order valence-corrected chi connectivity index (χ0v) is 12.2. The molecular weight excluding hydrogens is 276 g/mol. The Balaban J connectivity index is 1.95. The first-order valence-electron chi connectivity index (χ1n) is 6.73. The van der Waals surface area contributed by atoms with Crippen molar-refractivity contribution in [3.63, 3.8) is 0 Å². The van der Waals surface area contributed by atoms with Crippen LogP contribution < -0.4 is 5.32 Å². The maximum absolute atomic E-state index is 12.1. The summed E-state index contributed by atoms with van der Waals surface area (Å²) in [5, 5.41) is 12.4. The molecule has 2 rings (SSSR count). The molecule has 108 valence electrons. The minimum absolute atomic E-state index is 0.108. The molecule has 1 aliphatic carbocycles. The van der Waals surface area contributed by atoms with Gasteiger partial charge in [-0.2, -0.15) is 11.8 Å². The van der Waals surface area contributed by atoms with E-state index >= 15 is 0 Å². The second-order valence-corrected chi connectivity index (χ2v) is 6.35. The van der Waals surface area contributed by atoms with Gasteiger partial charge in [-0.3, -0.25) is 4.79 Å². The molecule has 0 saturated heterocycles. The number of aromatic carboxylic acids is 1. The van der Waals surface area contributed by atoms with Crippen molar-refractivity contribution in [1.29, 1.82) is 0 Å². The van der Waals surface area contributed by atoms with Gasteiger partial charge in [0, 0.05) is 11.3 Å². The fourth-order valence-electron chi connectivity index (χ4n) is 2.40. The summed E-state index contributed by atoms with van der Waals surface area (Å²) in [5.74, 6) is -0.326. The summed E-state index contributed by atoms with van der Waals surface area (Å²) < 4.78 is 0. The highest BCUT2D eigenvalue weighted by molar-refractivity contribution is 7.99. The quantitative estimate of drug-likeness (QED) is 0.870. The largest absolute Gasteiger partial charge is 0.477 e. The van der Waals surface area contributed by atoms with Crippen LogP contribution in [0, 0.1) is 0 Å². The summed E-state index contributed by atoms with van der Waals surface area (Å²) in [4.78, 5) is 26.8. The number of aromatic nitrogens is 1. The summed E-state index contributed by atoms with van der Waals surface area (Å²) in [6.45, 7) is 2.14. The number of amides is 1. The van der Waals surface area contributed by atoms with Gasteiger partial charge in [-0.1, -0.05) is 13.0 Å². The lowest BCUT2D eigenvalue weighted by Gasteiger charge is -2.12. The van der Waals surface area contributed by atoms with Crippen molar-refractivity contribution in [2.75, 3.05) is 5.75 Å². The van der Waals surface area contributed by atoms with E-state index < -0.39 is 5.97 Å². The molecule has 0 aliphatic heterocycles. The van der Waals surface area contributed by atoms with Gasteiger partial charge in [0.25, 0.3) is 5.91 Å². The molecule has 5 nitrogen and oxygen atoms in total. The van der Waals surface area contributed by atoms with E-state index in [2.05, 4.69) is 17.2 Å². The van der Waals surface area contributed by atoms with Crippen LogP contribution in [0.15, 0.2) is 18.2 Å². The minimum Gasteiger partial charge on any atom is -0.477 e. The lowest BCUT2D eigenvalue weighted by atomic mass is 10.2. The third kappa shape index (κ3) is 3.72. The van der Waals surface area contributed by atoms with Gasteiger partial charge in [0.15, 0.2) is 0 Å². The maximum atomic E-state index is 12.1. The van der Waals surface area contributed by atoms with Crippen molar-refractivity contribution in [3.8, 4) is 0 Å². The van der Waals surface area contributed by atoms with Crippen LogP contribution in [0.25, 0.3) is 0 Å². The van der Waals surface area contributed by atoms with Gasteiger partial charge in [-0.05, 0) is 37.1 Å². The van der Waals surface area contributed by atoms with Crippen LogP contribution in [-0.4, -0.2) is 39.0 Å². The Morgan fingerprint density at radius 2 is 2.15 bits per heavy atom. The van der Waals surface area contributed by atoms with Crippen LogP contribution in [0.3, 0.4) is 0 Å². The zero-order valence-electron chi connectivity index (χ0n) is 11.3. The standard InChI is InChI=1S/C14H18N2O3S/c1-2-20-10-7-6-9(8-10)15-13(17)11-4-3-5-12(16-11)14(18)19/h3-5,9-10H,2,6-8H2,1H3,(H,15,17)(H,18,19). The highest BCUT2D eigenvalue weighted by atomic mass is 32.2. The molecule has 2 atom stereocenters. The number of nitrogens with one attached hydrogen (secondary N) is 1. The SMILES string of the molecule is CCSC1CCC(NC(=O)c2cccc(C(=O)O)n2)C1. The van der Waals surface area contributed by atoms with Crippen LogP contribution in [-0.2, 0) is 0 Å². The number of carboxylic acids is 1. The van der Waals surface area contributed by atoms with Gasteiger partial charge in [0.05, 0.1) is 0 Å². The monoisotopic (exact) mass is 294 g/mol. The van der Waals surface area contributed by atoms with E-state index in [1.807, 2.05) is 11.8 Å². The number of thioether (sulfide) groups is 1. The van der Waals surface area contributed by atoms with E-state index in [4.69, 9.17) is 5.11 Å². The number of hydrogen-bond donors (Lipinski definition) is 2. The lowest BCUT2D eigenvalue weighted by Crippen LogP contribution is -2.33. The normalized spacial score (nSPS) is 21.6. The lowest BCUT2D eigenvalue weighted by molar-refractivity contribution is 0.0690. The minimum atomic E-state index is -1.13. The van der Waals surface area contributed by atoms with E-state index in [1.54, 1.807) is 0 Å². The molecule has 0 bridgehead atoms. The van der Waals surface area contributed by atoms with Gasteiger partial charge < -0.3 is 10.4 Å². The van der Waals surface area contributed by atoms with E-state index in [9.17, 15) is 9.59 Å². The third-order valence-corrected chi connectivity index (χ3v) is 4.56. The number of carbonyl (C=O) groups excluding carboxylic acids is 1. The highest BCUT2D eigenvalue weighted by Gasteiger charge is 2.26. The predicted octanol–water partition coefficient (Wildman–Crippen LogP) is 2.18. The number of carboxylic acid groups (broad SMARTS) is 1. The molecule has 20 heavy (non-hydrogen) atoms. The molecule has 0 radical (unpaired) electrons. The molecule has 1 aliphatic rings. The van der Waals surface area contributed by atoms with E-state index in [0.717, 1.165) is 25.0 Å². The molecule has 1 heterocycles. The van der Waals surface area contributed by atoms with Crippen LogP contribution in [0.4, 0.5) is 0 Å². The first-order chi connectivity index (χ1) is 9.60. The Morgan fingerprint density at radius 1 is 1.40 bits per heavy atom. The molecule has 1 aromatic rings. The van der Waals surface area contributed by atoms with Crippen molar-refractivity contribution in [2.45, 2.75) is 37.5 Å². The van der Waals surface area contributed by atoms with Gasteiger partial charge in [0.1, 0.15) is 11.4 Å². The predicted molar refractivity (Wildman–Crippen MR) is 78.2 cm³/mol. The number of nitrogens with zero attached hydrogens (tertiary/aromatic N) is 1.